The van der Waals surface area contributed by atoms with Gasteiger partial charge in [0, 0.05) is 16.9 Å². The van der Waals surface area contributed by atoms with Gasteiger partial charge in [0.25, 0.3) is 17.7 Å². The van der Waals surface area contributed by atoms with Crippen molar-refractivity contribution >= 4 is 40.7 Å². The maximum atomic E-state index is 12.9. The van der Waals surface area contributed by atoms with Gasteiger partial charge < -0.3 is 10.6 Å². The van der Waals surface area contributed by atoms with Crippen LogP contribution < -0.4 is 10.6 Å². The van der Waals surface area contributed by atoms with Gasteiger partial charge in [-0.3, -0.25) is 19.3 Å². The number of anilines is 2. The average molecular weight is 474 g/mol. The molecule has 0 saturated carbocycles. The quantitative estimate of drug-likeness (QED) is 0.444. The van der Waals surface area contributed by atoms with Gasteiger partial charge in [-0.15, -0.1) is 0 Å². The number of amides is 3. The predicted octanol–water partition coefficient (Wildman–Crippen LogP) is 5.49. The van der Waals surface area contributed by atoms with E-state index in [4.69, 9.17) is 11.6 Å². The van der Waals surface area contributed by atoms with E-state index in [-0.39, 0.29) is 29.1 Å². The molecule has 34 heavy (non-hydrogen) atoms. The number of halogens is 1. The summed E-state index contributed by atoms with van der Waals surface area (Å²) in [6.45, 7) is 4.25. The average Bonchev–Trinajstić information content (AvgIpc) is 3.03. The number of hydrogen-bond donors (Lipinski definition) is 2. The molecule has 3 aromatic carbocycles. The van der Waals surface area contributed by atoms with E-state index in [1.165, 1.54) is 0 Å². The van der Waals surface area contributed by atoms with Crippen LogP contribution in [0.1, 0.15) is 41.3 Å². The van der Waals surface area contributed by atoms with Crippen molar-refractivity contribution < 1.29 is 14.4 Å². The molecule has 1 aliphatic rings. The molecule has 1 aliphatic heterocycles. The molecule has 0 saturated heterocycles. The number of hydrogen-bond acceptors (Lipinski definition) is 4. The monoisotopic (exact) mass is 473 g/mol. The smallest absolute Gasteiger partial charge is 0.279 e. The molecule has 2 N–H and O–H groups in total. The number of imide groups is 1. The summed E-state index contributed by atoms with van der Waals surface area (Å²) in [5, 5.41) is 5.71. The Morgan fingerprint density at radius 2 is 1.62 bits per heavy atom. The molecule has 3 aromatic rings. The van der Waals surface area contributed by atoms with Gasteiger partial charge in [0.2, 0.25) is 0 Å². The van der Waals surface area contributed by atoms with E-state index < -0.39 is 11.8 Å². The van der Waals surface area contributed by atoms with Gasteiger partial charge in [0.05, 0.1) is 6.54 Å². The molecule has 7 heteroatoms. The van der Waals surface area contributed by atoms with Gasteiger partial charge in [-0.2, -0.15) is 0 Å². The van der Waals surface area contributed by atoms with E-state index in [0.29, 0.717) is 11.3 Å². The van der Waals surface area contributed by atoms with Gasteiger partial charge in [-0.1, -0.05) is 80.0 Å². The maximum absolute atomic E-state index is 12.9. The van der Waals surface area contributed by atoms with Crippen molar-refractivity contribution in [3.05, 3.63) is 106 Å². The van der Waals surface area contributed by atoms with Gasteiger partial charge in [0.1, 0.15) is 10.7 Å². The lowest BCUT2D eigenvalue weighted by molar-refractivity contribution is -0.138. The second kappa shape index (κ2) is 9.93. The molecule has 0 fully saturated rings. The minimum Gasteiger partial charge on any atom is -0.350 e. The first-order valence-electron chi connectivity index (χ1n) is 10.9. The summed E-state index contributed by atoms with van der Waals surface area (Å²) < 4.78 is 0. The number of para-hydroxylation sites is 1. The lowest BCUT2D eigenvalue weighted by Crippen LogP contribution is -2.31. The summed E-state index contributed by atoms with van der Waals surface area (Å²) in [6.07, 6.45) is 0. The van der Waals surface area contributed by atoms with Crippen LogP contribution in [0.2, 0.25) is 0 Å². The molecular formula is C27H24ClN3O3. The number of carbonyl (C=O) groups excluding carboxylic acids is 3. The zero-order chi connectivity index (χ0) is 24.2. The maximum Gasteiger partial charge on any atom is 0.279 e. The molecule has 0 aromatic heterocycles. The number of carbonyl (C=O) groups is 3. The van der Waals surface area contributed by atoms with E-state index >= 15 is 0 Å². The normalized spacial score (nSPS) is 13.6. The van der Waals surface area contributed by atoms with Crippen molar-refractivity contribution in [3.63, 3.8) is 0 Å². The van der Waals surface area contributed by atoms with E-state index in [1.54, 1.807) is 24.3 Å². The summed E-state index contributed by atoms with van der Waals surface area (Å²) in [7, 11) is 0. The lowest BCUT2D eigenvalue weighted by Gasteiger charge is -2.15. The molecule has 0 bridgehead atoms. The van der Waals surface area contributed by atoms with Crippen LogP contribution in [0, 0.1) is 0 Å². The molecule has 0 radical (unpaired) electrons. The van der Waals surface area contributed by atoms with Crippen LogP contribution in [0.15, 0.2) is 89.6 Å². The fraction of sp³-hybridized carbons (Fsp3) is 0.148. The first-order chi connectivity index (χ1) is 16.3. The molecule has 172 valence electrons. The van der Waals surface area contributed by atoms with Gasteiger partial charge in [-0.25, -0.2) is 0 Å². The van der Waals surface area contributed by atoms with Crippen LogP contribution in [0.3, 0.4) is 0 Å². The lowest BCUT2D eigenvalue weighted by atomic mass is 10.0. The van der Waals surface area contributed by atoms with Gasteiger partial charge in [0.15, 0.2) is 0 Å². The van der Waals surface area contributed by atoms with Crippen LogP contribution in [0.25, 0.3) is 0 Å². The van der Waals surface area contributed by atoms with Crippen molar-refractivity contribution in [1.82, 2.24) is 4.90 Å². The van der Waals surface area contributed by atoms with Crippen LogP contribution in [0.4, 0.5) is 11.4 Å². The Labute approximate surface area is 203 Å². The Balaban J connectivity index is 1.50. The summed E-state index contributed by atoms with van der Waals surface area (Å²) >= 11 is 6.22. The molecule has 1 heterocycles. The highest BCUT2D eigenvalue weighted by Gasteiger charge is 2.37. The largest absolute Gasteiger partial charge is 0.350 e. The summed E-state index contributed by atoms with van der Waals surface area (Å²) in [4.78, 5) is 39.5. The molecular weight excluding hydrogens is 450 g/mol. The molecule has 0 spiro atoms. The SMILES string of the molecule is CC(C)c1ccccc1NC(=O)c1cccc(NC2=C(Cl)C(=O)N(Cc3ccccc3)C2=O)c1. The van der Waals surface area contributed by atoms with E-state index in [9.17, 15) is 14.4 Å². The van der Waals surface area contributed by atoms with Crippen LogP contribution in [0.5, 0.6) is 0 Å². The Morgan fingerprint density at radius 3 is 2.35 bits per heavy atom. The summed E-state index contributed by atoms with van der Waals surface area (Å²) in [5.74, 6) is -1.10. The first-order valence-corrected chi connectivity index (χ1v) is 11.3. The summed E-state index contributed by atoms with van der Waals surface area (Å²) in [5.41, 5.74) is 3.47. The van der Waals surface area contributed by atoms with Gasteiger partial charge >= 0.3 is 0 Å². The summed E-state index contributed by atoms with van der Waals surface area (Å²) in [6, 6.07) is 23.6. The fourth-order valence-electron chi connectivity index (χ4n) is 3.76. The van der Waals surface area contributed by atoms with E-state index in [0.717, 1.165) is 21.7 Å². The molecule has 0 aliphatic carbocycles. The highest BCUT2D eigenvalue weighted by Crippen LogP contribution is 2.28. The Hall–Kier alpha value is -3.90. The van der Waals surface area contributed by atoms with Crippen molar-refractivity contribution in [1.29, 1.82) is 0 Å². The second-order valence-corrected chi connectivity index (χ2v) is 8.65. The van der Waals surface area contributed by atoms with E-state index in [1.807, 2.05) is 54.6 Å². The third-order valence-electron chi connectivity index (χ3n) is 5.52. The highest BCUT2D eigenvalue weighted by atomic mass is 35.5. The second-order valence-electron chi connectivity index (χ2n) is 8.27. The van der Waals surface area contributed by atoms with Gasteiger partial charge in [-0.05, 0) is 41.3 Å². The van der Waals surface area contributed by atoms with Crippen LogP contribution in [-0.4, -0.2) is 22.6 Å². The Morgan fingerprint density at radius 1 is 0.912 bits per heavy atom. The molecule has 0 atom stereocenters. The third kappa shape index (κ3) is 4.87. The minimum absolute atomic E-state index is 0.00897. The van der Waals surface area contributed by atoms with Crippen LogP contribution in [-0.2, 0) is 16.1 Å². The van der Waals surface area contributed by atoms with Crippen LogP contribution >= 0.6 is 11.6 Å². The molecule has 3 amide bonds. The fourth-order valence-corrected chi connectivity index (χ4v) is 3.99. The number of benzene rings is 3. The standard InChI is InChI=1S/C27H24ClN3O3/c1-17(2)21-13-6-7-14-22(21)30-25(32)19-11-8-12-20(15-19)29-24-23(28)26(33)31(27(24)34)16-18-9-4-3-5-10-18/h3-15,17,29H,16H2,1-2H3,(H,30,32). The predicted molar refractivity (Wildman–Crippen MR) is 133 cm³/mol. The Kier molecular flexibility index (Phi) is 6.80. The zero-order valence-electron chi connectivity index (χ0n) is 18.8. The zero-order valence-corrected chi connectivity index (χ0v) is 19.6. The minimum atomic E-state index is -0.558. The number of nitrogens with zero attached hydrogens (tertiary/aromatic N) is 1. The van der Waals surface area contributed by atoms with Crippen molar-refractivity contribution in [2.75, 3.05) is 10.6 Å². The van der Waals surface area contributed by atoms with Crippen molar-refractivity contribution in [2.24, 2.45) is 0 Å². The molecule has 4 rings (SSSR count). The highest BCUT2D eigenvalue weighted by molar-refractivity contribution is 6.48. The first kappa shape index (κ1) is 23.3. The number of rotatable bonds is 7. The molecule has 0 unspecified atom stereocenters. The van der Waals surface area contributed by atoms with E-state index in [2.05, 4.69) is 24.5 Å². The molecule has 6 nitrogen and oxygen atoms in total. The van der Waals surface area contributed by atoms with Crippen molar-refractivity contribution in [2.45, 2.75) is 26.3 Å². The topological polar surface area (TPSA) is 78.5 Å². The third-order valence-corrected chi connectivity index (χ3v) is 5.87. The number of nitrogens with one attached hydrogen (secondary N) is 2. The van der Waals surface area contributed by atoms with Crippen molar-refractivity contribution in [3.8, 4) is 0 Å². The Bertz CT molecular complexity index is 1290.